The minimum atomic E-state index is -0.715. The standard InChI is InChI=1S/C27H28N2O8/c1-16(2)14-37-27(34)18-5-7-21(8-6-18)36-15-20-10-17(4-9-24(20)35-3)13-28-29-26(33)19-11-22(30)25(32)23(31)12-19/h4-13,16,30-32H,14-15H2,1-3H3,(H,29,33)/b28-13+. The second-order valence-corrected chi connectivity index (χ2v) is 8.44. The van der Waals surface area contributed by atoms with Crippen LogP contribution in [0.3, 0.4) is 0 Å². The van der Waals surface area contributed by atoms with Gasteiger partial charge in [-0.25, -0.2) is 10.2 Å². The summed E-state index contributed by atoms with van der Waals surface area (Å²) in [7, 11) is 1.53. The Balaban J connectivity index is 1.62. The third-order valence-electron chi connectivity index (χ3n) is 5.05. The Labute approximate surface area is 213 Å². The second-order valence-electron chi connectivity index (χ2n) is 8.44. The van der Waals surface area contributed by atoms with E-state index in [9.17, 15) is 24.9 Å². The van der Waals surface area contributed by atoms with Crippen molar-refractivity contribution in [3.05, 3.63) is 76.9 Å². The fourth-order valence-electron chi connectivity index (χ4n) is 3.13. The number of hydrogen-bond acceptors (Lipinski definition) is 9. The summed E-state index contributed by atoms with van der Waals surface area (Å²) in [5, 5.41) is 32.4. The Morgan fingerprint density at radius 1 is 0.973 bits per heavy atom. The van der Waals surface area contributed by atoms with Crippen LogP contribution in [-0.4, -0.2) is 47.1 Å². The molecule has 0 bridgehead atoms. The van der Waals surface area contributed by atoms with Gasteiger partial charge in [0.2, 0.25) is 0 Å². The van der Waals surface area contributed by atoms with Gasteiger partial charge in [0.25, 0.3) is 5.91 Å². The van der Waals surface area contributed by atoms with Crippen LogP contribution < -0.4 is 14.9 Å². The lowest BCUT2D eigenvalue weighted by Gasteiger charge is -2.12. The number of methoxy groups -OCH3 is 1. The first-order valence-electron chi connectivity index (χ1n) is 11.3. The molecule has 0 unspecified atom stereocenters. The number of amides is 1. The van der Waals surface area contributed by atoms with Crippen molar-refractivity contribution in [1.29, 1.82) is 0 Å². The smallest absolute Gasteiger partial charge is 0.338 e. The summed E-state index contributed by atoms with van der Waals surface area (Å²) in [4.78, 5) is 24.3. The number of aromatic hydroxyl groups is 3. The van der Waals surface area contributed by atoms with Crippen LogP contribution in [0.2, 0.25) is 0 Å². The lowest BCUT2D eigenvalue weighted by atomic mass is 10.1. The average molecular weight is 509 g/mol. The number of phenols is 3. The van der Waals surface area contributed by atoms with E-state index in [4.69, 9.17) is 14.2 Å². The molecule has 10 nitrogen and oxygen atoms in total. The van der Waals surface area contributed by atoms with E-state index in [1.807, 2.05) is 13.8 Å². The topological polar surface area (TPSA) is 147 Å². The number of ether oxygens (including phenoxy) is 3. The van der Waals surface area contributed by atoms with Crippen LogP contribution in [-0.2, 0) is 11.3 Å². The highest BCUT2D eigenvalue weighted by Gasteiger charge is 2.13. The van der Waals surface area contributed by atoms with E-state index in [-0.39, 0.29) is 24.1 Å². The number of carbonyl (C=O) groups excluding carboxylic acids is 2. The van der Waals surface area contributed by atoms with E-state index in [1.165, 1.54) is 13.3 Å². The Morgan fingerprint density at radius 2 is 1.65 bits per heavy atom. The van der Waals surface area contributed by atoms with Gasteiger partial charge in [0.1, 0.15) is 18.1 Å². The van der Waals surface area contributed by atoms with Crippen molar-refractivity contribution in [2.45, 2.75) is 20.5 Å². The highest BCUT2D eigenvalue weighted by molar-refractivity contribution is 5.96. The number of nitrogens with zero attached hydrogens (tertiary/aromatic N) is 1. The normalized spacial score (nSPS) is 10.9. The van der Waals surface area contributed by atoms with Gasteiger partial charge in [-0.05, 0) is 66.1 Å². The van der Waals surface area contributed by atoms with Crippen LogP contribution in [0.4, 0.5) is 0 Å². The molecule has 194 valence electrons. The van der Waals surface area contributed by atoms with Crippen molar-refractivity contribution in [2.75, 3.05) is 13.7 Å². The minimum absolute atomic E-state index is 0.0898. The molecule has 0 aliphatic carbocycles. The molecule has 0 radical (unpaired) electrons. The van der Waals surface area contributed by atoms with E-state index in [1.54, 1.807) is 42.5 Å². The monoisotopic (exact) mass is 508 g/mol. The zero-order valence-corrected chi connectivity index (χ0v) is 20.6. The molecule has 0 aliphatic rings. The number of hydrazone groups is 1. The number of carbonyl (C=O) groups is 2. The first-order valence-corrected chi connectivity index (χ1v) is 11.3. The maximum Gasteiger partial charge on any atom is 0.338 e. The zero-order valence-electron chi connectivity index (χ0n) is 20.6. The quantitative estimate of drug-likeness (QED) is 0.139. The molecule has 0 saturated heterocycles. The van der Waals surface area contributed by atoms with Gasteiger partial charge < -0.3 is 29.5 Å². The van der Waals surface area contributed by atoms with Crippen LogP contribution in [0.25, 0.3) is 0 Å². The molecular weight excluding hydrogens is 480 g/mol. The SMILES string of the molecule is COc1ccc(/C=N/NC(=O)c2cc(O)c(O)c(O)c2)cc1COc1ccc(C(=O)OCC(C)C)cc1. The van der Waals surface area contributed by atoms with Crippen LogP contribution >= 0.6 is 0 Å². The largest absolute Gasteiger partial charge is 0.504 e. The summed E-state index contributed by atoms with van der Waals surface area (Å²) in [5.74, 6) is -1.67. The van der Waals surface area contributed by atoms with Crippen LogP contribution in [0.15, 0.2) is 59.7 Å². The molecule has 1 amide bonds. The minimum Gasteiger partial charge on any atom is -0.504 e. The molecule has 3 rings (SSSR count). The lowest BCUT2D eigenvalue weighted by molar-refractivity contribution is 0.0458. The first-order chi connectivity index (χ1) is 17.7. The molecule has 4 N–H and O–H groups in total. The zero-order chi connectivity index (χ0) is 26.9. The summed E-state index contributed by atoms with van der Waals surface area (Å²) in [6, 6.07) is 13.9. The van der Waals surface area contributed by atoms with Gasteiger partial charge in [0.15, 0.2) is 17.2 Å². The fourth-order valence-corrected chi connectivity index (χ4v) is 3.13. The molecule has 0 fully saturated rings. The predicted octanol–water partition coefficient (Wildman–Crippen LogP) is 3.97. The van der Waals surface area contributed by atoms with Crippen molar-refractivity contribution in [3.8, 4) is 28.7 Å². The Bertz CT molecular complexity index is 1260. The number of benzene rings is 3. The molecule has 0 aromatic heterocycles. The van der Waals surface area contributed by atoms with E-state index < -0.39 is 23.2 Å². The van der Waals surface area contributed by atoms with Crippen LogP contribution in [0, 0.1) is 5.92 Å². The van der Waals surface area contributed by atoms with Gasteiger partial charge >= 0.3 is 5.97 Å². The van der Waals surface area contributed by atoms with Gasteiger partial charge in [-0.15, -0.1) is 0 Å². The summed E-state index contributed by atoms with van der Waals surface area (Å²) in [6.07, 6.45) is 1.40. The summed E-state index contributed by atoms with van der Waals surface area (Å²) >= 11 is 0. The Morgan fingerprint density at radius 3 is 2.27 bits per heavy atom. The third kappa shape index (κ3) is 7.38. The number of phenolic OH excluding ortho intramolecular Hbond substituents is 3. The first kappa shape index (κ1) is 26.9. The van der Waals surface area contributed by atoms with Gasteiger partial charge in [-0.2, -0.15) is 5.10 Å². The number of hydrogen-bond donors (Lipinski definition) is 4. The summed E-state index contributed by atoms with van der Waals surface area (Å²) in [6.45, 7) is 4.45. The Kier molecular flexibility index (Phi) is 8.93. The highest BCUT2D eigenvalue weighted by atomic mass is 16.5. The third-order valence-corrected chi connectivity index (χ3v) is 5.05. The van der Waals surface area contributed by atoms with E-state index in [0.717, 1.165) is 12.1 Å². The van der Waals surface area contributed by atoms with Crippen molar-refractivity contribution in [2.24, 2.45) is 11.0 Å². The summed E-state index contributed by atoms with van der Waals surface area (Å²) in [5.41, 5.74) is 3.98. The van der Waals surface area contributed by atoms with Crippen LogP contribution in [0.5, 0.6) is 28.7 Å². The van der Waals surface area contributed by atoms with Crippen molar-refractivity contribution in [1.82, 2.24) is 5.43 Å². The highest BCUT2D eigenvalue weighted by Crippen LogP contribution is 2.35. The van der Waals surface area contributed by atoms with Crippen molar-refractivity contribution in [3.63, 3.8) is 0 Å². The van der Waals surface area contributed by atoms with E-state index in [0.29, 0.717) is 34.8 Å². The molecule has 3 aromatic carbocycles. The molecule has 0 heterocycles. The van der Waals surface area contributed by atoms with Gasteiger partial charge in [0, 0.05) is 11.1 Å². The lowest BCUT2D eigenvalue weighted by Crippen LogP contribution is -2.17. The maximum atomic E-state index is 12.2. The molecule has 3 aromatic rings. The van der Waals surface area contributed by atoms with Gasteiger partial charge in [0.05, 0.1) is 25.5 Å². The van der Waals surface area contributed by atoms with E-state index in [2.05, 4.69) is 10.5 Å². The maximum absolute atomic E-state index is 12.2. The van der Waals surface area contributed by atoms with Gasteiger partial charge in [-0.3, -0.25) is 4.79 Å². The second kappa shape index (κ2) is 12.3. The van der Waals surface area contributed by atoms with E-state index >= 15 is 0 Å². The van der Waals surface area contributed by atoms with Gasteiger partial charge in [-0.1, -0.05) is 13.8 Å². The summed E-state index contributed by atoms with van der Waals surface area (Å²) < 4.78 is 16.5. The van der Waals surface area contributed by atoms with Crippen LogP contribution in [0.1, 0.15) is 45.7 Å². The molecular formula is C27H28N2O8. The van der Waals surface area contributed by atoms with Crippen molar-refractivity contribution >= 4 is 18.1 Å². The molecule has 0 saturated carbocycles. The average Bonchev–Trinajstić information content (AvgIpc) is 2.89. The molecule has 0 spiro atoms. The molecule has 0 atom stereocenters. The predicted molar refractivity (Wildman–Crippen MR) is 135 cm³/mol. The number of nitrogens with one attached hydrogen (secondary N) is 1. The molecule has 10 heteroatoms. The number of esters is 1. The van der Waals surface area contributed by atoms with Crippen molar-refractivity contribution < 1.29 is 39.1 Å². The Hall–Kier alpha value is -4.73. The number of rotatable bonds is 10. The fraction of sp³-hybridized carbons (Fsp3) is 0.222. The molecule has 0 aliphatic heterocycles. The molecule has 37 heavy (non-hydrogen) atoms.